The van der Waals surface area contributed by atoms with E-state index in [4.69, 9.17) is 20.8 Å². The van der Waals surface area contributed by atoms with Crippen LogP contribution in [0.25, 0.3) is 11.5 Å². The number of halogens is 1. The largest absolute Gasteiger partial charge is 0.454 e. The first-order valence-corrected chi connectivity index (χ1v) is 10.0. The highest BCUT2D eigenvalue weighted by Crippen LogP contribution is 2.17. The molecular weight excluding hydrogens is 406 g/mol. The van der Waals surface area contributed by atoms with E-state index in [0.717, 1.165) is 5.56 Å². The van der Waals surface area contributed by atoms with Gasteiger partial charge in [-0.05, 0) is 43.3 Å². The molecule has 0 saturated carbocycles. The number of nitrogens with one attached hydrogen (secondary N) is 1. The van der Waals surface area contributed by atoms with Gasteiger partial charge in [-0.15, -0.1) is 10.2 Å². The zero-order valence-corrected chi connectivity index (χ0v) is 16.3. The van der Waals surface area contributed by atoms with Crippen molar-refractivity contribution in [2.75, 3.05) is 0 Å². The minimum absolute atomic E-state index is 0.0130. The van der Waals surface area contributed by atoms with Gasteiger partial charge < -0.3 is 9.15 Å². The molecule has 1 aromatic heterocycles. The van der Waals surface area contributed by atoms with Crippen LogP contribution in [0.5, 0.6) is 0 Å². The van der Waals surface area contributed by atoms with Crippen LogP contribution in [0, 0.1) is 0 Å². The third-order valence-corrected chi connectivity index (χ3v) is 5.44. The molecule has 0 fully saturated rings. The summed E-state index contributed by atoms with van der Waals surface area (Å²) in [5, 5.41) is 8.10. The Morgan fingerprint density at radius 1 is 1.14 bits per heavy atom. The second-order valence-electron chi connectivity index (χ2n) is 5.77. The van der Waals surface area contributed by atoms with Crippen LogP contribution >= 0.6 is 11.6 Å². The lowest BCUT2D eigenvalue weighted by atomic mass is 10.2. The van der Waals surface area contributed by atoms with Gasteiger partial charge in [0.2, 0.25) is 15.9 Å². The number of hydrogen-bond acceptors (Lipinski definition) is 7. The molecule has 0 radical (unpaired) electrons. The Hall–Kier alpha value is -2.75. The predicted octanol–water partition coefficient (Wildman–Crippen LogP) is 2.80. The summed E-state index contributed by atoms with van der Waals surface area (Å²) in [5.41, 5.74) is 0.733. The van der Waals surface area contributed by atoms with E-state index in [2.05, 4.69) is 14.9 Å². The summed E-state index contributed by atoms with van der Waals surface area (Å²) >= 11 is 5.75. The van der Waals surface area contributed by atoms with E-state index in [1.54, 1.807) is 12.1 Å². The number of carbonyl (C=O) groups is 1. The van der Waals surface area contributed by atoms with Gasteiger partial charge in [0.15, 0.2) is 6.61 Å². The molecule has 0 amide bonds. The molecule has 10 heteroatoms. The Morgan fingerprint density at radius 2 is 1.82 bits per heavy atom. The Balaban J connectivity index is 1.57. The molecule has 3 aromatic rings. The highest BCUT2D eigenvalue weighted by molar-refractivity contribution is 7.89. The first kappa shape index (κ1) is 20.0. The SMILES string of the molecule is CC(NS(=O)(=O)c1ccc(Cl)cc1)C(=O)OCc1nnc(-c2ccccc2)o1. The molecule has 1 N–H and O–H groups in total. The van der Waals surface area contributed by atoms with Gasteiger partial charge in [0.1, 0.15) is 6.04 Å². The quantitative estimate of drug-likeness (QED) is 0.584. The minimum atomic E-state index is -3.90. The van der Waals surface area contributed by atoms with E-state index in [-0.39, 0.29) is 17.4 Å². The van der Waals surface area contributed by atoms with Crippen molar-refractivity contribution in [2.45, 2.75) is 24.5 Å². The predicted molar refractivity (Wildman–Crippen MR) is 101 cm³/mol. The Bertz CT molecular complexity index is 1050. The van der Waals surface area contributed by atoms with E-state index in [1.807, 2.05) is 18.2 Å². The molecule has 1 heterocycles. The van der Waals surface area contributed by atoms with Gasteiger partial charge in [-0.3, -0.25) is 4.79 Å². The molecule has 0 aliphatic carbocycles. The number of rotatable bonds is 7. The standard InChI is InChI=1S/C18H16ClN3O5S/c1-12(22-28(24,25)15-9-7-14(19)8-10-15)18(23)26-11-16-20-21-17(27-16)13-5-3-2-4-6-13/h2-10,12,22H,11H2,1H3. The molecule has 2 aromatic carbocycles. The third-order valence-electron chi connectivity index (χ3n) is 3.63. The number of esters is 1. The Morgan fingerprint density at radius 3 is 2.50 bits per heavy atom. The van der Waals surface area contributed by atoms with Crippen LogP contribution < -0.4 is 4.72 Å². The van der Waals surface area contributed by atoms with Crippen LogP contribution in [0.1, 0.15) is 12.8 Å². The van der Waals surface area contributed by atoms with Gasteiger partial charge >= 0.3 is 5.97 Å². The number of ether oxygens (including phenoxy) is 1. The molecule has 0 bridgehead atoms. The molecule has 28 heavy (non-hydrogen) atoms. The fraction of sp³-hybridized carbons (Fsp3) is 0.167. The van der Waals surface area contributed by atoms with Gasteiger partial charge in [-0.1, -0.05) is 29.8 Å². The zero-order chi connectivity index (χ0) is 20.1. The summed E-state index contributed by atoms with van der Waals surface area (Å²) in [6.45, 7) is 1.10. The molecule has 8 nitrogen and oxygen atoms in total. The van der Waals surface area contributed by atoms with Crippen LogP contribution in [0.2, 0.25) is 5.02 Å². The molecule has 0 aliphatic rings. The molecule has 1 atom stereocenters. The van der Waals surface area contributed by atoms with Crippen molar-refractivity contribution in [3.05, 3.63) is 65.5 Å². The number of sulfonamides is 1. The second-order valence-corrected chi connectivity index (χ2v) is 7.92. The highest BCUT2D eigenvalue weighted by Gasteiger charge is 2.23. The van der Waals surface area contributed by atoms with Crippen molar-refractivity contribution in [2.24, 2.45) is 0 Å². The van der Waals surface area contributed by atoms with E-state index in [9.17, 15) is 13.2 Å². The Labute approximate surface area is 166 Å². The van der Waals surface area contributed by atoms with Gasteiger partial charge in [0, 0.05) is 10.6 Å². The van der Waals surface area contributed by atoms with Crippen LogP contribution in [-0.4, -0.2) is 30.6 Å². The number of benzene rings is 2. The molecule has 0 aliphatic heterocycles. The summed E-state index contributed by atoms with van der Waals surface area (Å²) in [6, 6.07) is 13.6. The molecule has 1 unspecified atom stereocenters. The lowest BCUT2D eigenvalue weighted by Gasteiger charge is -2.13. The number of aromatic nitrogens is 2. The van der Waals surface area contributed by atoms with Gasteiger partial charge in [-0.25, -0.2) is 8.42 Å². The van der Waals surface area contributed by atoms with Crippen molar-refractivity contribution < 1.29 is 22.4 Å². The van der Waals surface area contributed by atoms with Crippen molar-refractivity contribution >= 4 is 27.6 Å². The van der Waals surface area contributed by atoms with Crippen molar-refractivity contribution in [1.29, 1.82) is 0 Å². The first-order chi connectivity index (χ1) is 13.3. The van der Waals surface area contributed by atoms with Crippen LogP contribution in [-0.2, 0) is 26.2 Å². The average molecular weight is 422 g/mol. The molecule has 0 saturated heterocycles. The van der Waals surface area contributed by atoms with Crippen molar-refractivity contribution in [3.8, 4) is 11.5 Å². The maximum Gasteiger partial charge on any atom is 0.324 e. The highest BCUT2D eigenvalue weighted by atomic mass is 35.5. The molecular formula is C18H16ClN3O5S. The normalized spacial score (nSPS) is 12.5. The van der Waals surface area contributed by atoms with E-state index >= 15 is 0 Å². The van der Waals surface area contributed by atoms with E-state index < -0.39 is 22.0 Å². The van der Waals surface area contributed by atoms with E-state index in [1.165, 1.54) is 31.2 Å². The average Bonchev–Trinajstić information content (AvgIpc) is 3.16. The van der Waals surface area contributed by atoms with Crippen molar-refractivity contribution in [1.82, 2.24) is 14.9 Å². The van der Waals surface area contributed by atoms with Crippen LogP contribution in [0.4, 0.5) is 0 Å². The summed E-state index contributed by atoms with van der Waals surface area (Å²) < 4.78 is 37.3. The lowest BCUT2D eigenvalue weighted by molar-refractivity contribution is -0.147. The summed E-state index contributed by atoms with van der Waals surface area (Å²) in [4.78, 5) is 12.1. The minimum Gasteiger partial charge on any atom is -0.454 e. The van der Waals surface area contributed by atoms with Gasteiger partial charge in [-0.2, -0.15) is 4.72 Å². The fourth-order valence-electron chi connectivity index (χ4n) is 2.23. The zero-order valence-electron chi connectivity index (χ0n) is 14.7. The lowest BCUT2D eigenvalue weighted by Crippen LogP contribution is -2.39. The molecule has 3 rings (SSSR count). The first-order valence-electron chi connectivity index (χ1n) is 8.17. The fourth-order valence-corrected chi connectivity index (χ4v) is 3.55. The summed E-state index contributed by atoms with van der Waals surface area (Å²) in [7, 11) is -3.90. The van der Waals surface area contributed by atoms with Gasteiger partial charge in [0.05, 0.1) is 4.90 Å². The third kappa shape index (κ3) is 4.94. The molecule has 146 valence electrons. The van der Waals surface area contributed by atoms with Gasteiger partial charge in [0.25, 0.3) is 5.89 Å². The number of hydrogen-bond donors (Lipinski definition) is 1. The second kappa shape index (κ2) is 8.51. The maximum absolute atomic E-state index is 12.3. The smallest absolute Gasteiger partial charge is 0.324 e. The van der Waals surface area contributed by atoms with Crippen LogP contribution in [0.3, 0.4) is 0 Å². The van der Waals surface area contributed by atoms with Crippen LogP contribution in [0.15, 0.2) is 63.9 Å². The maximum atomic E-state index is 12.3. The topological polar surface area (TPSA) is 111 Å². The summed E-state index contributed by atoms with van der Waals surface area (Å²) in [6.07, 6.45) is 0. The van der Waals surface area contributed by atoms with E-state index in [0.29, 0.717) is 10.9 Å². The monoisotopic (exact) mass is 421 g/mol. The molecule has 0 spiro atoms. The summed E-state index contributed by atoms with van der Waals surface area (Å²) in [5.74, 6) is -0.389. The number of carbonyl (C=O) groups excluding carboxylic acids is 1. The number of nitrogens with zero attached hydrogens (tertiary/aromatic N) is 2. The Kier molecular flexibility index (Phi) is 6.08. The van der Waals surface area contributed by atoms with Crippen molar-refractivity contribution in [3.63, 3.8) is 0 Å².